The van der Waals surface area contributed by atoms with Crippen molar-refractivity contribution in [3.63, 3.8) is 0 Å². The highest BCUT2D eigenvalue weighted by atomic mass is 16.5. The minimum absolute atomic E-state index is 0.343. The van der Waals surface area contributed by atoms with E-state index in [1.165, 1.54) is 6.33 Å². The van der Waals surface area contributed by atoms with Crippen LogP contribution in [0.15, 0.2) is 42.9 Å². The number of aromatic nitrogens is 3. The summed E-state index contributed by atoms with van der Waals surface area (Å²) < 4.78 is 5.77. The Morgan fingerprint density at radius 1 is 1.29 bits per heavy atom. The Hall–Kier alpha value is -3.37. The fraction of sp³-hybridized carbons (Fsp3) is 0.118. The Labute approximate surface area is 137 Å². The van der Waals surface area contributed by atoms with Crippen LogP contribution in [0.5, 0.6) is 5.88 Å². The topological polar surface area (TPSA) is 100 Å². The molecule has 3 rings (SSSR count). The first kappa shape index (κ1) is 15.5. The number of nitrogens with zero attached hydrogens (tertiary/aromatic N) is 2. The highest BCUT2D eigenvalue weighted by Gasteiger charge is 2.14. The van der Waals surface area contributed by atoms with Crippen molar-refractivity contribution in [3.05, 3.63) is 48.4 Å². The summed E-state index contributed by atoms with van der Waals surface area (Å²) in [5.41, 5.74) is 2.00. The van der Waals surface area contributed by atoms with Gasteiger partial charge in [0.1, 0.15) is 30.6 Å². The zero-order valence-electron chi connectivity index (χ0n) is 12.6. The van der Waals surface area contributed by atoms with Crippen LogP contribution in [0.3, 0.4) is 0 Å². The van der Waals surface area contributed by atoms with Crippen molar-refractivity contribution in [2.24, 2.45) is 0 Å². The van der Waals surface area contributed by atoms with Gasteiger partial charge < -0.3 is 20.1 Å². The number of aliphatic hydroxyl groups excluding tert-OH is 1. The summed E-state index contributed by atoms with van der Waals surface area (Å²) in [6, 6.07) is 9.68. The predicted molar refractivity (Wildman–Crippen MR) is 88.2 cm³/mol. The van der Waals surface area contributed by atoms with Crippen molar-refractivity contribution in [2.75, 3.05) is 11.9 Å². The third-order valence-corrected chi connectivity index (χ3v) is 3.18. The van der Waals surface area contributed by atoms with Gasteiger partial charge in [0.25, 0.3) is 5.91 Å². The minimum Gasteiger partial charge on any atom is -0.472 e. The van der Waals surface area contributed by atoms with E-state index in [1.807, 2.05) is 30.3 Å². The van der Waals surface area contributed by atoms with E-state index in [4.69, 9.17) is 9.84 Å². The summed E-state index contributed by atoms with van der Waals surface area (Å²) in [5.74, 6) is 4.38. The first-order valence-electron chi connectivity index (χ1n) is 7.17. The van der Waals surface area contributed by atoms with Gasteiger partial charge in [0.2, 0.25) is 5.88 Å². The lowest BCUT2D eigenvalue weighted by atomic mass is 10.2. The van der Waals surface area contributed by atoms with Crippen LogP contribution in [0.25, 0.3) is 11.0 Å². The number of hydrogen-bond donors (Lipinski definition) is 3. The predicted octanol–water partition coefficient (Wildman–Crippen LogP) is 1.47. The SMILES string of the molecule is O=C(C#CCO)Nc1c[nH]c2ncnc(OCc3ccccc3)c12. The summed E-state index contributed by atoms with van der Waals surface area (Å²) in [6.45, 7) is -0.0360. The van der Waals surface area contributed by atoms with E-state index in [1.54, 1.807) is 6.20 Å². The van der Waals surface area contributed by atoms with Gasteiger partial charge in [-0.1, -0.05) is 36.3 Å². The van der Waals surface area contributed by atoms with Gasteiger partial charge in [0.05, 0.1) is 5.69 Å². The maximum absolute atomic E-state index is 11.7. The van der Waals surface area contributed by atoms with Gasteiger partial charge in [-0.2, -0.15) is 0 Å². The fourth-order valence-electron chi connectivity index (χ4n) is 2.14. The molecule has 2 aromatic heterocycles. The molecule has 24 heavy (non-hydrogen) atoms. The molecule has 0 fully saturated rings. The van der Waals surface area contributed by atoms with E-state index >= 15 is 0 Å². The lowest BCUT2D eigenvalue weighted by Crippen LogP contribution is -2.08. The molecule has 7 nitrogen and oxygen atoms in total. The Morgan fingerprint density at radius 3 is 2.92 bits per heavy atom. The first-order chi connectivity index (χ1) is 11.8. The molecular weight excluding hydrogens is 308 g/mol. The maximum Gasteiger partial charge on any atom is 0.300 e. The highest BCUT2D eigenvalue weighted by Crippen LogP contribution is 2.29. The molecule has 7 heteroatoms. The molecule has 2 heterocycles. The normalized spacial score (nSPS) is 10.0. The Kier molecular flexibility index (Phi) is 4.70. The standard InChI is InChI=1S/C17H14N4O3/c22-8-4-7-14(23)21-13-9-18-16-15(13)17(20-11-19-16)24-10-12-5-2-1-3-6-12/h1-3,5-6,9,11,22H,8,10H2,(H,21,23)(H,18,19,20). The Morgan fingerprint density at radius 2 is 2.12 bits per heavy atom. The fourth-order valence-corrected chi connectivity index (χ4v) is 2.14. The summed E-state index contributed by atoms with van der Waals surface area (Å²) >= 11 is 0. The van der Waals surface area contributed by atoms with E-state index in [0.717, 1.165) is 5.56 Å². The van der Waals surface area contributed by atoms with E-state index in [-0.39, 0.29) is 6.61 Å². The van der Waals surface area contributed by atoms with E-state index in [9.17, 15) is 4.79 Å². The number of aliphatic hydroxyl groups is 1. The summed E-state index contributed by atoms with van der Waals surface area (Å²) in [7, 11) is 0. The van der Waals surface area contributed by atoms with E-state index in [0.29, 0.717) is 29.2 Å². The van der Waals surface area contributed by atoms with E-state index in [2.05, 4.69) is 32.1 Å². The highest BCUT2D eigenvalue weighted by molar-refractivity contribution is 6.09. The number of carbonyl (C=O) groups excluding carboxylic acids is 1. The van der Waals surface area contributed by atoms with Crippen LogP contribution in [0.2, 0.25) is 0 Å². The Bertz CT molecular complexity index is 910. The number of nitrogens with one attached hydrogen (secondary N) is 2. The quantitative estimate of drug-likeness (QED) is 0.632. The number of rotatable bonds is 4. The maximum atomic E-state index is 11.7. The number of amides is 1. The van der Waals surface area contributed by atoms with Gasteiger partial charge in [-0.25, -0.2) is 9.97 Å². The number of fused-ring (bicyclic) bond motifs is 1. The van der Waals surface area contributed by atoms with Crippen LogP contribution in [0.4, 0.5) is 5.69 Å². The minimum atomic E-state index is -0.539. The number of anilines is 1. The van der Waals surface area contributed by atoms with Crippen LogP contribution in [-0.2, 0) is 11.4 Å². The number of carbonyl (C=O) groups is 1. The molecule has 3 aromatic rings. The number of aromatic amines is 1. The van der Waals surface area contributed by atoms with Crippen molar-refractivity contribution in [3.8, 4) is 17.7 Å². The van der Waals surface area contributed by atoms with Crippen LogP contribution >= 0.6 is 0 Å². The molecule has 1 aromatic carbocycles. The largest absolute Gasteiger partial charge is 0.472 e. The number of ether oxygens (including phenoxy) is 1. The van der Waals surface area contributed by atoms with E-state index < -0.39 is 5.91 Å². The Balaban J connectivity index is 1.85. The first-order valence-corrected chi connectivity index (χ1v) is 7.17. The summed E-state index contributed by atoms with van der Waals surface area (Å²) in [6.07, 6.45) is 2.98. The lowest BCUT2D eigenvalue weighted by molar-refractivity contribution is -0.111. The molecule has 0 aliphatic rings. The second kappa shape index (κ2) is 7.26. The van der Waals surface area contributed by atoms with Gasteiger partial charge in [0.15, 0.2) is 0 Å². The van der Waals surface area contributed by atoms with Crippen LogP contribution in [0, 0.1) is 11.8 Å². The second-order valence-corrected chi connectivity index (χ2v) is 4.79. The molecule has 0 radical (unpaired) electrons. The second-order valence-electron chi connectivity index (χ2n) is 4.79. The van der Waals surface area contributed by atoms with Crippen LogP contribution in [0.1, 0.15) is 5.56 Å². The molecule has 1 amide bonds. The van der Waals surface area contributed by atoms with Gasteiger partial charge in [-0.15, -0.1) is 0 Å². The van der Waals surface area contributed by atoms with Crippen LogP contribution < -0.4 is 10.1 Å². The summed E-state index contributed by atoms with van der Waals surface area (Å²) in [4.78, 5) is 22.9. The monoisotopic (exact) mass is 322 g/mol. The molecule has 0 atom stereocenters. The molecule has 0 saturated carbocycles. The molecular formula is C17H14N4O3. The number of hydrogen-bond acceptors (Lipinski definition) is 5. The van der Waals surface area contributed by atoms with Crippen molar-refractivity contribution in [1.29, 1.82) is 0 Å². The van der Waals surface area contributed by atoms with Crippen molar-refractivity contribution in [2.45, 2.75) is 6.61 Å². The van der Waals surface area contributed by atoms with Crippen molar-refractivity contribution < 1.29 is 14.6 Å². The van der Waals surface area contributed by atoms with Crippen molar-refractivity contribution >= 4 is 22.6 Å². The average Bonchev–Trinajstić information content (AvgIpc) is 3.02. The van der Waals surface area contributed by atoms with Gasteiger partial charge in [-0.05, 0) is 11.5 Å². The summed E-state index contributed by atoms with van der Waals surface area (Å²) in [5, 5.41) is 11.8. The number of H-pyrrole nitrogens is 1. The molecule has 0 bridgehead atoms. The molecule has 120 valence electrons. The molecule has 0 aliphatic heterocycles. The molecule has 0 unspecified atom stereocenters. The lowest BCUT2D eigenvalue weighted by Gasteiger charge is -2.07. The zero-order chi connectivity index (χ0) is 16.8. The molecule has 0 aliphatic carbocycles. The molecule has 3 N–H and O–H groups in total. The molecule has 0 saturated heterocycles. The molecule has 0 spiro atoms. The smallest absolute Gasteiger partial charge is 0.300 e. The average molecular weight is 322 g/mol. The van der Waals surface area contributed by atoms with Crippen LogP contribution in [-0.4, -0.2) is 32.6 Å². The van der Waals surface area contributed by atoms with Crippen molar-refractivity contribution in [1.82, 2.24) is 15.0 Å². The van der Waals surface area contributed by atoms with Gasteiger partial charge in [0, 0.05) is 6.20 Å². The number of benzene rings is 1. The van der Waals surface area contributed by atoms with Gasteiger partial charge in [-0.3, -0.25) is 4.79 Å². The third-order valence-electron chi connectivity index (χ3n) is 3.18. The third kappa shape index (κ3) is 3.51. The zero-order valence-corrected chi connectivity index (χ0v) is 12.6. The van der Waals surface area contributed by atoms with Gasteiger partial charge >= 0.3 is 0 Å².